The van der Waals surface area contributed by atoms with Crippen LogP contribution in [0.4, 0.5) is 5.69 Å². The summed E-state index contributed by atoms with van der Waals surface area (Å²) in [5.74, 6) is -0.212. The SMILES string of the molecule is O=C(/C=C/c1ccccc1)NC(=S)N1CCN(c2cccc(Cl)c2)CC1. The van der Waals surface area contributed by atoms with Crippen LogP contribution in [0.1, 0.15) is 5.56 Å². The van der Waals surface area contributed by atoms with E-state index in [-0.39, 0.29) is 5.91 Å². The zero-order valence-corrected chi connectivity index (χ0v) is 15.8. The van der Waals surface area contributed by atoms with Gasteiger partial charge in [-0.05, 0) is 42.1 Å². The summed E-state index contributed by atoms with van der Waals surface area (Å²) in [5.41, 5.74) is 2.08. The fourth-order valence-corrected chi connectivity index (χ4v) is 3.27. The maximum absolute atomic E-state index is 12.1. The molecule has 0 atom stereocenters. The Morgan fingerprint density at radius 2 is 1.77 bits per heavy atom. The normalized spacial score (nSPS) is 14.5. The average molecular weight is 386 g/mol. The summed E-state index contributed by atoms with van der Waals surface area (Å²) >= 11 is 11.4. The van der Waals surface area contributed by atoms with Crippen molar-refractivity contribution in [1.82, 2.24) is 10.2 Å². The van der Waals surface area contributed by atoms with Crippen molar-refractivity contribution in [2.24, 2.45) is 0 Å². The van der Waals surface area contributed by atoms with E-state index in [0.29, 0.717) is 5.11 Å². The Morgan fingerprint density at radius 3 is 2.46 bits per heavy atom. The highest BCUT2D eigenvalue weighted by Gasteiger charge is 2.20. The second-order valence-corrected chi connectivity index (χ2v) is 6.82. The zero-order chi connectivity index (χ0) is 18.4. The van der Waals surface area contributed by atoms with Crippen LogP contribution in [-0.2, 0) is 4.79 Å². The summed E-state index contributed by atoms with van der Waals surface area (Å²) < 4.78 is 0. The van der Waals surface area contributed by atoms with Gasteiger partial charge < -0.3 is 9.80 Å². The van der Waals surface area contributed by atoms with Gasteiger partial charge in [0.15, 0.2) is 5.11 Å². The van der Waals surface area contributed by atoms with Gasteiger partial charge in [0.2, 0.25) is 5.91 Å². The first-order chi connectivity index (χ1) is 12.6. The number of halogens is 1. The second-order valence-electron chi connectivity index (χ2n) is 5.99. The minimum absolute atomic E-state index is 0.212. The molecule has 1 saturated heterocycles. The van der Waals surface area contributed by atoms with Gasteiger partial charge in [-0.15, -0.1) is 0 Å². The van der Waals surface area contributed by atoms with Crippen molar-refractivity contribution in [2.45, 2.75) is 0 Å². The van der Waals surface area contributed by atoms with Crippen molar-refractivity contribution in [3.8, 4) is 0 Å². The third-order valence-corrected chi connectivity index (χ3v) is 4.79. The Kier molecular flexibility index (Phi) is 6.26. The monoisotopic (exact) mass is 385 g/mol. The molecule has 1 fully saturated rings. The zero-order valence-electron chi connectivity index (χ0n) is 14.3. The van der Waals surface area contributed by atoms with Gasteiger partial charge in [-0.25, -0.2) is 0 Å². The number of carbonyl (C=O) groups is 1. The van der Waals surface area contributed by atoms with E-state index in [2.05, 4.69) is 16.3 Å². The molecule has 1 amide bonds. The van der Waals surface area contributed by atoms with E-state index in [0.717, 1.165) is 42.5 Å². The van der Waals surface area contributed by atoms with Crippen LogP contribution in [0.3, 0.4) is 0 Å². The van der Waals surface area contributed by atoms with Crippen LogP contribution < -0.4 is 10.2 Å². The summed E-state index contributed by atoms with van der Waals surface area (Å²) in [6, 6.07) is 17.5. The summed E-state index contributed by atoms with van der Waals surface area (Å²) in [6.07, 6.45) is 3.28. The predicted octanol–water partition coefficient (Wildman–Crippen LogP) is 3.58. The molecule has 3 rings (SSSR count). The number of benzene rings is 2. The van der Waals surface area contributed by atoms with Crippen LogP contribution in [0.15, 0.2) is 60.7 Å². The molecule has 1 aliphatic heterocycles. The number of anilines is 1. The van der Waals surface area contributed by atoms with Crippen LogP contribution in [-0.4, -0.2) is 42.1 Å². The fourth-order valence-electron chi connectivity index (χ4n) is 2.80. The van der Waals surface area contributed by atoms with Crippen LogP contribution in [0, 0.1) is 0 Å². The Labute approximate surface area is 164 Å². The summed E-state index contributed by atoms with van der Waals surface area (Å²) in [4.78, 5) is 16.3. The molecule has 0 saturated carbocycles. The minimum Gasteiger partial charge on any atom is -0.368 e. The molecule has 0 bridgehead atoms. The van der Waals surface area contributed by atoms with E-state index >= 15 is 0 Å². The van der Waals surface area contributed by atoms with Gasteiger partial charge in [0.05, 0.1) is 0 Å². The molecule has 26 heavy (non-hydrogen) atoms. The lowest BCUT2D eigenvalue weighted by Gasteiger charge is -2.37. The number of carbonyl (C=O) groups excluding carboxylic acids is 1. The number of thiocarbonyl (C=S) groups is 1. The highest BCUT2D eigenvalue weighted by atomic mass is 35.5. The lowest BCUT2D eigenvalue weighted by molar-refractivity contribution is -0.115. The van der Waals surface area contributed by atoms with Gasteiger partial charge >= 0.3 is 0 Å². The molecule has 2 aromatic carbocycles. The van der Waals surface area contributed by atoms with E-state index in [1.807, 2.05) is 53.4 Å². The van der Waals surface area contributed by atoms with Gasteiger partial charge in [0, 0.05) is 43.0 Å². The fraction of sp³-hybridized carbons (Fsp3) is 0.200. The first-order valence-electron chi connectivity index (χ1n) is 8.45. The molecule has 1 aliphatic rings. The Bertz CT molecular complexity index is 802. The maximum Gasteiger partial charge on any atom is 0.250 e. The van der Waals surface area contributed by atoms with Crippen molar-refractivity contribution in [3.63, 3.8) is 0 Å². The largest absolute Gasteiger partial charge is 0.368 e. The molecule has 1 N–H and O–H groups in total. The third-order valence-electron chi connectivity index (χ3n) is 4.20. The first-order valence-corrected chi connectivity index (χ1v) is 9.24. The number of hydrogen-bond donors (Lipinski definition) is 1. The van der Waals surface area contributed by atoms with Crippen molar-refractivity contribution in [3.05, 3.63) is 71.3 Å². The standard InChI is InChI=1S/C20H20ClN3OS/c21-17-7-4-8-18(15-17)23-11-13-24(14-12-23)20(26)22-19(25)10-9-16-5-2-1-3-6-16/h1-10,15H,11-14H2,(H,22,25,26)/b10-9+. The molecule has 4 nitrogen and oxygen atoms in total. The number of rotatable bonds is 3. The van der Waals surface area contributed by atoms with Crippen molar-refractivity contribution >= 4 is 46.6 Å². The Morgan fingerprint density at radius 1 is 1.04 bits per heavy atom. The maximum atomic E-state index is 12.1. The van der Waals surface area contributed by atoms with Gasteiger partial charge in [-0.2, -0.15) is 0 Å². The van der Waals surface area contributed by atoms with Crippen LogP contribution in [0.25, 0.3) is 6.08 Å². The molecule has 0 aromatic heterocycles. The minimum atomic E-state index is -0.212. The van der Waals surface area contributed by atoms with Crippen molar-refractivity contribution < 1.29 is 4.79 Å². The summed E-state index contributed by atoms with van der Waals surface area (Å²) in [5, 5.41) is 3.98. The van der Waals surface area contributed by atoms with E-state index in [4.69, 9.17) is 23.8 Å². The second kappa shape index (κ2) is 8.83. The van der Waals surface area contributed by atoms with E-state index in [9.17, 15) is 4.79 Å². The smallest absolute Gasteiger partial charge is 0.250 e. The summed E-state index contributed by atoms with van der Waals surface area (Å²) in [6.45, 7) is 3.18. The van der Waals surface area contributed by atoms with Gasteiger partial charge in [0.1, 0.15) is 0 Å². The number of nitrogens with zero attached hydrogens (tertiary/aromatic N) is 2. The van der Waals surface area contributed by atoms with Crippen LogP contribution >= 0.6 is 23.8 Å². The lowest BCUT2D eigenvalue weighted by Crippen LogP contribution is -2.52. The van der Waals surface area contributed by atoms with Gasteiger partial charge in [-0.3, -0.25) is 10.1 Å². The molecular weight excluding hydrogens is 366 g/mol. The summed E-state index contributed by atoms with van der Waals surface area (Å²) in [7, 11) is 0. The molecule has 0 spiro atoms. The highest BCUT2D eigenvalue weighted by molar-refractivity contribution is 7.80. The molecule has 0 aliphatic carbocycles. The molecule has 2 aromatic rings. The lowest BCUT2D eigenvalue weighted by atomic mass is 10.2. The third kappa shape index (κ3) is 5.07. The van der Waals surface area contributed by atoms with Gasteiger partial charge in [0.25, 0.3) is 0 Å². The molecule has 6 heteroatoms. The van der Waals surface area contributed by atoms with E-state index < -0.39 is 0 Å². The highest BCUT2D eigenvalue weighted by Crippen LogP contribution is 2.20. The number of hydrogen-bond acceptors (Lipinski definition) is 3. The molecule has 0 radical (unpaired) electrons. The number of nitrogens with one attached hydrogen (secondary N) is 1. The van der Waals surface area contributed by atoms with Crippen LogP contribution in [0.2, 0.25) is 5.02 Å². The predicted molar refractivity (Wildman–Crippen MR) is 111 cm³/mol. The van der Waals surface area contributed by atoms with Crippen LogP contribution in [0.5, 0.6) is 0 Å². The Hall–Kier alpha value is -2.37. The quantitative estimate of drug-likeness (QED) is 0.647. The Balaban J connectivity index is 1.49. The van der Waals surface area contributed by atoms with E-state index in [1.165, 1.54) is 6.08 Å². The van der Waals surface area contributed by atoms with Crippen molar-refractivity contribution in [2.75, 3.05) is 31.1 Å². The average Bonchev–Trinajstić information content (AvgIpc) is 2.67. The first kappa shape index (κ1) is 18.4. The number of piperazine rings is 1. The molecule has 134 valence electrons. The topological polar surface area (TPSA) is 35.6 Å². The van der Waals surface area contributed by atoms with E-state index in [1.54, 1.807) is 6.08 Å². The molecular formula is C20H20ClN3OS. The number of amides is 1. The van der Waals surface area contributed by atoms with Gasteiger partial charge in [-0.1, -0.05) is 48.0 Å². The molecule has 0 unspecified atom stereocenters. The molecule has 1 heterocycles. The van der Waals surface area contributed by atoms with Crippen molar-refractivity contribution in [1.29, 1.82) is 0 Å².